The molecule has 1 saturated carbocycles. The minimum atomic E-state index is -0.580. The summed E-state index contributed by atoms with van der Waals surface area (Å²) in [6, 6.07) is 0. The first-order valence-electron chi connectivity index (χ1n) is 12.6. The fourth-order valence-electron chi connectivity index (χ4n) is 3.86. The minimum absolute atomic E-state index is 0.159. The molecule has 0 aromatic rings. The molecular formula is C25H46O6. The SMILES string of the molecule is CCCCC(CC)COC(=O)OC1CCC(OC(=O)OCCCCCCC(C)C)CC1. The third-order valence-electron chi connectivity index (χ3n) is 6.02. The van der Waals surface area contributed by atoms with Gasteiger partial charge in [0, 0.05) is 0 Å². The Morgan fingerprint density at radius 3 is 1.90 bits per heavy atom. The van der Waals surface area contributed by atoms with Crippen LogP contribution in [0.2, 0.25) is 0 Å². The number of hydrogen-bond acceptors (Lipinski definition) is 6. The number of carbonyl (C=O) groups is 2. The quantitative estimate of drug-likeness (QED) is 0.194. The van der Waals surface area contributed by atoms with Crippen LogP contribution in [0.4, 0.5) is 9.59 Å². The van der Waals surface area contributed by atoms with Gasteiger partial charge in [-0.15, -0.1) is 0 Å². The summed E-state index contributed by atoms with van der Waals surface area (Å²) >= 11 is 0. The van der Waals surface area contributed by atoms with Crippen molar-refractivity contribution in [2.75, 3.05) is 13.2 Å². The van der Waals surface area contributed by atoms with E-state index >= 15 is 0 Å². The predicted molar refractivity (Wildman–Crippen MR) is 122 cm³/mol. The summed E-state index contributed by atoms with van der Waals surface area (Å²) in [5.41, 5.74) is 0. The predicted octanol–water partition coefficient (Wildman–Crippen LogP) is 7.43. The molecule has 1 aliphatic carbocycles. The van der Waals surface area contributed by atoms with Gasteiger partial charge in [0.15, 0.2) is 0 Å². The van der Waals surface area contributed by atoms with Crippen molar-refractivity contribution in [1.29, 1.82) is 0 Å². The highest BCUT2D eigenvalue weighted by atomic mass is 16.7. The molecule has 0 heterocycles. The third-order valence-corrected chi connectivity index (χ3v) is 6.02. The van der Waals surface area contributed by atoms with E-state index in [1.54, 1.807) is 0 Å². The maximum absolute atomic E-state index is 12.0. The highest BCUT2D eigenvalue weighted by Gasteiger charge is 2.27. The molecule has 1 atom stereocenters. The lowest BCUT2D eigenvalue weighted by molar-refractivity contribution is -0.0296. The fraction of sp³-hybridized carbons (Fsp3) is 0.920. The second-order valence-corrected chi connectivity index (χ2v) is 9.31. The molecule has 6 heteroatoms. The Labute approximate surface area is 189 Å². The van der Waals surface area contributed by atoms with Crippen LogP contribution < -0.4 is 0 Å². The van der Waals surface area contributed by atoms with Crippen LogP contribution in [-0.2, 0) is 18.9 Å². The molecule has 0 bridgehead atoms. The first-order valence-corrected chi connectivity index (χ1v) is 12.6. The van der Waals surface area contributed by atoms with Crippen molar-refractivity contribution in [2.45, 2.75) is 123 Å². The van der Waals surface area contributed by atoms with Crippen molar-refractivity contribution < 1.29 is 28.5 Å². The van der Waals surface area contributed by atoms with E-state index in [9.17, 15) is 9.59 Å². The van der Waals surface area contributed by atoms with Gasteiger partial charge in [-0.1, -0.05) is 72.6 Å². The van der Waals surface area contributed by atoms with Gasteiger partial charge in [-0.3, -0.25) is 0 Å². The maximum Gasteiger partial charge on any atom is 0.508 e. The van der Waals surface area contributed by atoms with Crippen molar-refractivity contribution in [2.24, 2.45) is 11.8 Å². The van der Waals surface area contributed by atoms with Gasteiger partial charge < -0.3 is 18.9 Å². The molecule has 0 spiro atoms. The Bertz CT molecular complexity index is 471. The minimum Gasteiger partial charge on any atom is -0.434 e. The van der Waals surface area contributed by atoms with Crippen LogP contribution in [0.15, 0.2) is 0 Å². The lowest BCUT2D eigenvalue weighted by Gasteiger charge is -2.27. The average molecular weight is 443 g/mol. The number of carbonyl (C=O) groups excluding carboxylic acids is 2. The van der Waals surface area contributed by atoms with E-state index in [0.29, 0.717) is 44.8 Å². The second kappa shape index (κ2) is 17.1. The summed E-state index contributed by atoms with van der Waals surface area (Å²) in [5, 5.41) is 0. The van der Waals surface area contributed by atoms with E-state index in [4.69, 9.17) is 18.9 Å². The summed E-state index contributed by atoms with van der Waals surface area (Å²) in [5.74, 6) is 1.16. The first kappa shape index (κ1) is 27.6. The molecule has 0 aromatic heterocycles. The van der Waals surface area contributed by atoms with Gasteiger partial charge >= 0.3 is 12.3 Å². The van der Waals surface area contributed by atoms with E-state index in [-0.39, 0.29) is 12.2 Å². The highest BCUT2D eigenvalue weighted by Crippen LogP contribution is 2.24. The normalized spacial score (nSPS) is 19.6. The van der Waals surface area contributed by atoms with Crippen LogP contribution in [0, 0.1) is 11.8 Å². The van der Waals surface area contributed by atoms with E-state index in [0.717, 1.165) is 44.4 Å². The Kier molecular flexibility index (Phi) is 15.2. The van der Waals surface area contributed by atoms with Gasteiger partial charge in [-0.25, -0.2) is 9.59 Å². The van der Waals surface area contributed by atoms with Gasteiger partial charge in [0.05, 0.1) is 13.2 Å². The summed E-state index contributed by atoms with van der Waals surface area (Å²) in [7, 11) is 0. The Hall–Kier alpha value is -1.46. The van der Waals surface area contributed by atoms with Crippen LogP contribution in [0.3, 0.4) is 0 Å². The van der Waals surface area contributed by atoms with Gasteiger partial charge in [0.25, 0.3) is 0 Å². The molecule has 0 saturated heterocycles. The van der Waals surface area contributed by atoms with E-state index in [2.05, 4.69) is 27.7 Å². The molecular weight excluding hydrogens is 396 g/mol. The second-order valence-electron chi connectivity index (χ2n) is 9.31. The van der Waals surface area contributed by atoms with Crippen molar-refractivity contribution in [3.05, 3.63) is 0 Å². The fourth-order valence-corrected chi connectivity index (χ4v) is 3.86. The summed E-state index contributed by atoms with van der Waals surface area (Å²) in [6.45, 7) is 9.61. The average Bonchev–Trinajstić information content (AvgIpc) is 2.74. The van der Waals surface area contributed by atoms with Crippen LogP contribution in [0.5, 0.6) is 0 Å². The molecule has 182 valence electrons. The topological polar surface area (TPSA) is 71.1 Å². The molecule has 31 heavy (non-hydrogen) atoms. The van der Waals surface area contributed by atoms with Crippen LogP contribution >= 0.6 is 0 Å². The lowest BCUT2D eigenvalue weighted by Crippen LogP contribution is -2.30. The maximum atomic E-state index is 12.0. The molecule has 0 aliphatic heterocycles. The van der Waals surface area contributed by atoms with E-state index < -0.39 is 12.3 Å². The van der Waals surface area contributed by atoms with Crippen molar-refractivity contribution in [3.8, 4) is 0 Å². The first-order chi connectivity index (χ1) is 14.9. The summed E-state index contributed by atoms with van der Waals surface area (Å²) in [6.07, 6.45) is 11.3. The monoisotopic (exact) mass is 442 g/mol. The zero-order valence-electron chi connectivity index (χ0n) is 20.4. The van der Waals surface area contributed by atoms with Crippen LogP contribution in [0.25, 0.3) is 0 Å². The van der Waals surface area contributed by atoms with Gasteiger partial charge in [-0.2, -0.15) is 0 Å². The van der Waals surface area contributed by atoms with Crippen molar-refractivity contribution in [1.82, 2.24) is 0 Å². The molecule has 0 amide bonds. The van der Waals surface area contributed by atoms with E-state index in [1.165, 1.54) is 19.3 Å². The number of unbranched alkanes of at least 4 members (excludes halogenated alkanes) is 4. The Morgan fingerprint density at radius 2 is 1.35 bits per heavy atom. The molecule has 1 unspecified atom stereocenters. The molecule has 0 radical (unpaired) electrons. The Balaban J connectivity index is 2.08. The summed E-state index contributed by atoms with van der Waals surface area (Å²) in [4.78, 5) is 23.8. The van der Waals surface area contributed by atoms with Crippen molar-refractivity contribution in [3.63, 3.8) is 0 Å². The van der Waals surface area contributed by atoms with E-state index in [1.807, 2.05) is 0 Å². The largest absolute Gasteiger partial charge is 0.508 e. The van der Waals surface area contributed by atoms with Gasteiger partial charge in [-0.05, 0) is 50.4 Å². The molecule has 1 rings (SSSR count). The van der Waals surface area contributed by atoms with Crippen molar-refractivity contribution >= 4 is 12.3 Å². The standard InChI is InChI=1S/C25H46O6/c1-5-7-13-21(6-2)19-29-25(27)31-23-16-14-22(15-17-23)30-24(26)28-18-11-9-8-10-12-20(3)4/h20-23H,5-19H2,1-4H3. The molecule has 1 fully saturated rings. The third kappa shape index (κ3) is 14.3. The summed E-state index contributed by atoms with van der Waals surface area (Å²) < 4.78 is 21.3. The zero-order valence-corrected chi connectivity index (χ0v) is 20.4. The molecule has 0 aromatic carbocycles. The smallest absolute Gasteiger partial charge is 0.434 e. The number of ether oxygens (including phenoxy) is 4. The zero-order chi connectivity index (χ0) is 22.9. The van der Waals surface area contributed by atoms with Gasteiger partial charge in [0.2, 0.25) is 0 Å². The van der Waals surface area contributed by atoms with Gasteiger partial charge in [0.1, 0.15) is 12.2 Å². The molecule has 6 nitrogen and oxygen atoms in total. The molecule has 1 aliphatic rings. The highest BCUT2D eigenvalue weighted by molar-refractivity contribution is 5.60. The number of rotatable bonds is 15. The Morgan fingerprint density at radius 1 is 0.774 bits per heavy atom. The number of hydrogen-bond donors (Lipinski definition) is 0. The molecule has 0 N–H and O–H groups in total. The van der Waals surface area contributed by atoms with Crippen LogP contribution in [-0.4, -0.2) is 37.7 Å². The lowest BCUT2D eigenvalue weighted by atomic mass is 9.95. The van der Waals surface area contributed by atoms with Crippen LogP contribution in [0.1, 0.15) is 111 Å².